The molecule has 240 valence electrons. The summed E-state index contributed by atoms with van der Waals surface area (Å²) in [6, 6.07) is 8.38. The van der Waals surface area contributed by atoms with Gasteiger partial charge in [-0.25, -0.2) is 9.37 Å². The van der Waals surface area contributed by atoms with Gasteiger partial charge in [0.05, 0.1) is 19.3 Å². The molecule has 0 saturated heterocycles. The molecule has 0 fully saturated rings. The zero-order chi connectivity index (χ0) is 32.9. The fourth-order valence-corrected chi connectivity index (χ4v) is 4.64. The van der Waals surface area contributed by atoms with Gasteiger partial charge in [-0.05, 0) is 73.1 Å². The van der Waals surface area contributed by atoms with Crippen LogP contribution in [-0.2, 0) is 11.3 Å². The summed E-state index contributed by atoms with van der Waals surface area (Å²) >= 11 is 0. The van der Waals surface area contributed by atoms with Crippen molar-refractivity contribution in [1.82, 2.24) is 14.8 Å². The average Bonchev–Trinajstić information content (AvgIpc) is 3.45. The number of aliphatic hydroxyl groups is 1. The molecule has 2 N–H and O–H groups in total. The van der Waals surface area contributed by atoms with E-state index in [1.807, 2.05) is 19.2 Å². The van der Waals surface area contributed by atoms with E-state index < -0.39 is 17.7 Å². The Balaban J connectivity index is 0.000000651. The van der Waals surface area contributed by atoms with Crippen molar-refractivity contribution in [2.75, 3.05) is 11.9 Å². The molecule has 0 aliphatic carbocycles. The first-order valence-corrected chi connectivity index (χ1v) is 15.0. The number of nitrogens with one attached hydrogen (secondary N) is 1. The van der Waals surface area contributed by atoms with Gasteiger partial charge in [-0.15, -0.1) is 0 Å². The van der Waals surface area contributed by atoms with Crippen LogP contribution in [-0.4, -0.2) is 38.4 Å². The standard InChI is InChI=1S/C27H34F2N4O2.C7H11FO/c1-5-8-23(19(6-2)7-3)25-24(20-17-31-33(18-20)15-16-34)13-14-30-26(25)32-21-9-11-22(12-10-21)35-27(4,28)29;1-4-5(2)7(9)6(3)8/h8-14,17-19,34H,5-7,15-16H2,1-4H3,(H,30,32);5H,3-4H2,1-2H3/b23-8+;. The second-order valence-corrected chi connectivity index (χ2v) is 10.5. The first-order valence-electron chi connectivity index (χ1n) is 15.0. The molecule has 44 heavy (non-hydrogen) atoms. The normalized spacial score (nSPS) is 12.4. The number of hydrogen-bond donors (Lipinski definition) is 2. The molecule has 0 radical (unpaired) electrons. The maximum absolute atomic E-state index is 13.2. The lowest BCUT2D eigenvalue weighted by molar-refractivity contribution is -0.158. The number of aliphatic hydroxyl groups excluding tert-OH is 1. The van der Waals surface area contributed by atoms with Crippen LogP contribution in [0, 0.1) is 11.8 Å². The summed E-state index contributed by atoms with van der Waals surface area (Å²) in [6.07, 6.45) is 7.99. The van der Waals surface area contributed by atoms with Crippen molar-refractivity contribution in [3.8, 4) is 16.9 Å². The fourth-order valence-electron chi connectivity index (χ4n) is 4.64. The number of hydrogen-bond acceptors (Lipinski definition) is 6. The highest BCUT2D eigenvalue weighted by atomic mass is 19.3. The Hall–Kier alpha value is -3.92. The van der Waals surface area contributed by atoms with Gasteiger partial charge in [0.15, 0.2) is 11.6 Å². The minimum atomic E-state index is -3.24. The van der Waals surface area contributed by atoms with E-state index in [0.717, 1.165) is 36.0 Å². The second kappa shape index (κ2) is 17.4. The fraction of sp³-hybridized carbons (Fsp3) is 0.441. The van der Waals surface area contributed by atoms with Gasteiger partial charge in [0.2, 0.25) is 0 Å². The number of carbonyl (C=O) groups excluding carboxylic acids is 1. The quantitative estimate of drug-likeness (QED) is 0.166. The number of carbonyl (C=O) groups is 1. The highest BCUT2D eigenvalue weighted by Gasteiger charge is 2.24. The molecule has 1 unspecified atom stereocenters. The van der Waals surface area contributed by atoms with Crippen LogP contribution < -0.4 is 10.1 Å². The molecule has 0 saturated carbocycles. The summed E-state index contributed by atoms with van der Waals surface area (Å²) in [5.41, 5.74) is 4.83. The molecule has 2 aromatic heterocycles. The third-order valence-electron chi connectivity index (χ3n) is 7.10. The Labute approximate surface area is 258 Å². The van der Waals surface area contributed by atoms with Gasteiger partial charge in [0.25, 0.3) is 0 Å². The Kier molecular flexibility index (Phi) is 14.3. The SMILES string of the molecule is C=C(F)C(=O)C(C)CC.CC/C=C(/c1c(-c2cnn(CCO)c2)ccnc1Nc1ccc(OC(C)(F)F)cc1)C(CC)CC. The molecule has 0 bridgehead atoms. The van der Waals surface area contributed by atoms with Crippen LogP contribution in [0.5, 0.6) is 5.75 Å². The monoisotopic (exact) mass is 614 g/mol. The first kappa shape index (κ1) is 36.3. The largest absolute Gasteiger partial charge is 0.433 e. The summed E-state index contributed by atoms with van der Waals surface area (Å²) in [5, 5.41) is 17.1. The Morgan fingerprint density at radius 3 is 2.30 bits per heavy atom. The maximum atomic E-state index is 13.2. The summed E-state index contributed by atoms with van der Waals surface area (Å²) < 4.78 is 44.7. The van der Waals surface area contributed by atoms with Crippen molar-refractivity contribution in [2.45, 2.75) is 79.9 Å². The van der Waals surface area contributed by atoms with Crippen LogP contribution in [0.4, 0.5) is 24.7 Å². The van der Waals surface area contributed by atoms with Crippen LogP contribution in [0.15, 0.2) is 67.4 Å². The van der Waals surface area contributed by atoms with Gasteiger partial charge in [-0.3, -0.25) is 9.48 Å². The van der Waals surface area contributed by atoms with Gasteiger partial charge in [-0.2, -0.15) is 13.9 Å². The molecule has 3 rings (SSSR count). The van der Waals surface area contributed by atoms with E-state index in [0.29, 0.717) is 37.3 Å². The first-order chi connectivity index (χ1) is 20.9. The zero-order valence-electron chi connectivity index (χ0n) is 26.5. The Morgan fingerprint density at radius 2 is 1.80 bits per heavy atom. The number of nitrogens with zero attached hydrogens (tertiary/aromatic N) is 3. The molecule has 7 nitrogen and oxygen atoms in total. The van der Waals surface area contributed by atoms with E-state index in [1.165, 1.54) is 17.7 Å². The minimum Gasteiger partial charge on any atom is -0.433 e. The molecule has 0 aliphatic rings. The van der Waals surface area contributed by atoms with Crippen molar-refractivity contribution in [3.05, 3.63) is 73.0 Å². The van der Waals surface area contributed by atoms with Gasteiger partial charge >= 0.3 is 6.11 Å². The van der Waals surface area contributed by atoms with Crippen molar-refractivity contribution in [2.24, 2.45) is 11.8 Å². The third-order valence-corrected chi connectivity index (χ3v) is 7.10. The number of Topliss-reactive ketones (excluding diaryl/α,β-unsaturated/α-hetero) is 1. The lowest BCUT2D eigenvalue weighted by atomic mass is 9.84. The smallest absolute Gasteiger partial charge is 0.394 e. The number of ether oxygens (including phenoxy) is 1. The molecule has 2 heterocycles. The second-order valence-electron chi connectivity index (χ2n) is 10.5. The lowest BCUT2D eigenvalue weighted by Crippen LogP contribution is -2.18. The van der Waals surface area contributed by atoms with Gasteiger partial charge in [0, 0.05) is 42.0 Å². The number of aromatic nitrogens is 3. The van der Waals surface area contributed by atoms with E-state index in [1.54, 1.807) is 36.1 Å². The highest BCUT2D eigenvalue weighted by Crippen LogP contribution is 2.40. The highest BCUT2D eigenvalue weighted by molar-refractivity contribution is 5.94. The molecule has 1 aromatic carbocycles. The molecular formula is C34H45F3N4O3. The summed E-state index contributed by atoms with van der Waals surface area (Å²) in [4.78, 5) is 15.3. The number of anilines is 2. The molecule has 0 spiro atoms. The van der Waals surface area contributed by atoms with Crippen LogP contribution in [0.3, 0.4) is 0 Å². The number of alkyl halides is 2. The zero-order valence-corrected chi connectivity index (χ0v) is 26.5. The molecule has 3 aromatic rings. The van der Waals surface area contributed by atoms with Crippen LogP contribution in [0.25, 0.3) is 16.7 Å². The van der Waals surface area contributed by atoms with Gasteiger partial charge in [0.1, 0.15) is 11.6 Å². The molecular weight excluding hydrogens is 569 g/mol. The Morgan fingerprint density at radius 1 is 1.14 bits per heavy atom. The number of pyridine rings is 1. The molecule has 0 amide bonds. The number of halogens is 3. The minimum absolute atomic E-state index is 0.00946. The topological polar surface area (TPSA) is 89.3 Å². The van der Waals surface area contributed by atoms with Crippen molar-refractivity contribution < 1.29 is 27.8 Å². The summed E-state index contributed by atoms with van der Waals surface area (Å²) in [5.74, 6) is -0.416. The maximum Gasteiger partial charge on any atom is 0.394 e. The predicted molar refractivity (Wildman–Crippen MR) is 171 cm³/mol. The van der Waals surface area contributed by atoms with E-state index in [2.05, 4.69) is 53.6 Å². The Bertz CT molecular complexity index is 1380. The van der Waals surface area contributed by atoms with Crippen LogP contribution in [0.1, 0.15) is 72.8 Å². The van der Waals surface area contributed by atoms with Crippen LogP contribution in [0.2, 0.25) is 0 Å². The van der Waals surface area contributed by atoms with Crippen molar-refractivity contribution >= 4 is 22.9 Å². The molecule has 10 heteroatoms. The number of ketones is 1. The van der Waals surface area contributed by atoms with Gasteiger partial charge < -0.3 is 15.2 Å². The van der Waals surface area contributed by atoms with Crippen molar-refractivity contribution in [1.29, 1.82) is 0 Å². The van der Waals surface area contributed by atoms with E-state index in [4.69, 9.17) is 0 Å². The molecule has 0 aliphatic heterocycles. The number of allylic oxidation sites excluding steroid dienone is 3. The lowest BCUT2D eigenvalue weighted by Gasteiger charge is -2.23. The van der Waals surface area contributed by atoms with Gasteiger partial charge in [-0.1, -0.05) is 47.3 Å². The predicted octanol–water partition coefficient (Wildman–Crippen LogP) is 8.99. The summed E-state index contributed by atoms with van der Waals surface area (Å²) in [7, 11) is 0. The number of rotatable bonds is 15. The van der Waals surface area contributed by atoms with E-state index in [9.17, 15) is 23.1 Å². The molecule has 1 atom stereocenters. The summed E-state index contributed by atoms with van der Waals surface area (Å²) in [6.45, 7) is 14.1. The van der Waals surface area contributed by atoms with E-state index >= 15 is 0 Å². The van der Waals surface area contributed by atoms with E-state index in [-0.39, 0.29) is 18.3 Å². The van der Waals surface area contributed by atoms with Crippen molar-refractivity contribution in [3.63, 3.8) is 0 Å². The average molecular weight is 615 g/mol. The number of benzene rings is 1. The van der Waals surface area contributed by atoms with Crippen LogP contribution >= 0.6 is 0 Å². The third kappa shape index (κ3) is 10.7.